The average molecular weight is 305 g/mol. The van der Waals surface area contributed by atoms with Crippen molar-refractivity contribution in [2.45, 2.75) is 39.0 Å². The van der Waals surface area contributed by atoms with Crippen LogP contribution in [0.5, 0.6) is 0 Å². The summed E-state index contributed by atoms with van der Waals surface area (Å²) in [5, 5.41) is 9.41. The van der Waals surface area contributed by atoms with Crippen LogP contribution in [-0.2, 0) is 14.3 Å². The van der Waals surface area contributed by atoms with Gasteiger partial charge in [-0.2, -0.15) is 0 Å². The number of hydrogen-bond donors (Lipinski definition) is 3. The van der Waals surface area contributed by atoms with Crippen molar-refractivity contribution < 1.29 is 14.3 Å². The molecule has 0 spiro atoms. The summed E-state index contributed by atoms with van der Waals surface area (Å²) in [6, 6.07) is 9.64. The Labute approximate surface area is 130 Å². The number of carbonyl (C=O) groups excluding carboxylic acids is 2. The Hall–Kier alpha value is -2.08. The van der Waals surface area contributed by atoms with E-state index in [4.69, 9.17) is 4.74 Å². The van der Waals surface area contributed by atoms with Crippen molar-refractivity contribution in [2.75, 3.05) is 11.9 Å². The van der Waals surface area contributed by atoms with Crippen molar-refractivity contribution >= 4 is 17.6 Å². The van der Waals surface area contributed by atoms with Crippen molar-refractivity contribution in [3.05, 3.63) is 30.3 Å². The molecule has 3 unspecified atom stereocenters. The van der Waals surface area contributed by atoms with Crippen LogP contribution in [0.15, 0.2) is 30.3 Å². The number of benzene rings is 1. The highest BCUT2D eigenvalue weighted by atomic mass is 16.5. The maximum absolute atomic E-state index is 12.2. The lowest BCUT2D eigenvalue weighted by atomic mass is 9.93. The summed E-state index contributed by atoms with van der Waals surface area (Å²) in [4.78, 5) is 23.7. The van der Waals surface area contributed by atoms with E-state index in [1.165, 1.54) is 0 Å². The van der Waals surface area contributed by atoms with Crippen LogP contribution in [0, 0.1) is 5.92 Å². The highest BCUT2D eigenvalue weighted by Crippen LogP contribution is 2.17. The molecule has 1 aromatic carbocycles. The fourth-order valence-corrected chi connectivity index (χ4v) is 2.56. The number of rotatable bonds is 6. The average Bonchev–Trinajstić information content (AvgIpc) is 2.47. The molecule has 0 bridgehead atoms. The summed E-state index contributed by atoms with van der Waals surface area (Å²) in [5.74, 6) is -0.547. The van der Waals surface area contributed by atoms with Gasteiger partial charge in [-0.15, -0.1) is 0 Å². The predicted molar refractivity (Wildman–Crippen MR) is 84.0 cm³/mol. The van der Waals surface area contributed by atoms with E-state index in [9.17, 15) is 9.59 Å². The van der Waals surface area contributed by atoms with Gasteiger partial charge in [0, 0.05) is 18.2 Å². The fourth-order valence-electron chi connectivity index (χ4n) is 2.56. The molecule has 3 atom stereocenters. The molecule has 6 nitrogen and oxygen atoms in total. The lowest BCUT2D eigenvalue weighted by Gasteiger charge is -2.36. The molecule has 1 amide bonds. The van der Waals surface area contributed by atoms with Gasteiger partial charge in [0.1, 0.15) is 0 Å². The third kappa shape index (κ3) is 4.46. The second-order valence-electron chi connectivity index (χ2n) is 5.36. The third-order valence-electron chi connectivity index (χ3n) is 3.71. The predicted octanol–water partition coefficient (Wildman–Crippen LogP) is 1.45. The van der Waals surface area contributed by atoms with Crippen molar-refractivity contribution in [1.82, 2.24) is 10.6 Å². The number of para-hydroxylation sites is 1. The molecule has 1 aromatic rings. The summed E-state index contributed by atoms with van der Waals surface area (Å²) < 4.78 is 4.90. The van der Waals surface area contributed by atoms with Crippen molar-refractivity contribution in [2.24, 2.45) is 5.92 Å². The number of amides is 1. The highest BCUT2D eigenvalue weighted by molar-refractivity contribution is 5.81. The Balaban J connectivity index is 1.86. The molecule has 120 valence electrons. The molecule has 0 radical (unpaired) electrons. The fraction of sp³-hybridized carbons (Fsp3) is 0.500. The van der Waals surface area contributed by atoms with Gasteiger partial charge in [-0.05, 0) is 32.4 Å². The molecule has 1 aliphatic heterocycles. The Morgan fingerprint density at radius 2 is 2.05 bits per heavy atom. The number of nitrogens with one attached hydrogen (secondary N) is 3. The zero-order valence-electron chi connectivity index (χ0n) is 13.0. The van der Waals surface area contributed by atoms with Crippen molar-refractivity contribution in [1.29, 1.82) is 0 Å². The number of esters is 1. The van der Waals surface area contributed by atoms with Gasteiger partial charge in [0.15, 0.2) is 6.29 Å². The van der Waals surface area contributed by atoms with E-state index in [2.05, 4.69) is 16.0 Å². The number of carbonyl (C=O) groups is 2. The quantitative estimate of drug-likeness (QED) is 0.693. The van der Waals surface area contributed by atoms with Crippen LogP contribution in [0.2, 0.25) is 0 Å². The topological polar surface area (TPSA) is 79.5 Å². The number of hydrogen-bond acceptors (Lipinski definition) is 5. The molecule has 22 heavy (non-hydrogen) atoms. The minimum absolute atomic E-state index is 0.0237. The summed E-state index contributed by atoms with van der Waals surface area (Å²) in [5.41, 5.74) is 0.928. The van der Waals surface area contributed by atoms with Gasteiger partial charge < -0.3 is 15.4 Å². The molecule has 1 fully saturated rings. The maximum Gasteiger partial charge on any atom is 0.305 e. The van der Waals surface area contributed by atoms with Gasteiger partial charge in [0.2, 0.25) is 5.91 Å². The van der Waals surface area contributed by atoms with Crippen LogP contribution >= 0.6 is 0 Å². The van der Waals surface area contributed by atoms with E-state index in [1.54, 1.807) is 6.92 Å². The molecule has 0 aliphatic carbocycles. The van der Waals surface area contributed by atoms with Crippen LogP contribution in [-0.4, -0.2) is 30.8 Å². The van der Waals surface area contributed by atoms with E-state index >= 15 is 0 Å². The van der Waals surface area contributed by atoms with E-state index < -0.39 is 0 Å². The first-order valence-corrected chi connectivity index (χ1v) is 7.63. The molecule has 3 N–H and O–H groups in total. The van der Waals surface area contributed by atoms with Gasteiger partial charge in [0.25, 0.3) is 0 Å². The first-order chi connectivity index (χ1) is 10.6. The Kier molecular flexibility index (Phi) is 5.77. The van der Waals surface area contributed by atoms with Gasteiger partial charge in [0.05, 0.1) is 12.5 Å². The van der Waals surface area contributed by atoms with E-state index in [0.29, 0.717) is 13.0 Å². The van der Waals surface area contributed by atoms with Gasteiger partial charge >= 0.3 is 5.97 Å². The molecule has 2 rings (SSSR count). The minimum Gasteiger partial charge on any atom is -0.466 e. The number of anilines is 1. The largest absolute Gasteiger partial charge is 0.466 e. The summed E-state index contributed by atoms with van der Waals surface area (Å²) in [6.45, 7) is 4.09. The minimum atomic E-state index is -0.316. The molecular weight excluding hydrogens is 282 g/mol. The molecule has 1 aliphatic rings. The van der Waals surface area contributed by atoms with Crippen LogP contribution in [0.25, 0.3) is 0 Å². The molecule has 0 aromatic heterocycles. The van der Waals surface area contributed by atoms with E-state index in [-0.39, 0.29) is 36.5 Å². The van der Waals surface area contributed by atoms with Gasteiger partial charge in [-0.25, -0.2) is 0 Å². The molecule has 1 saturated heterocycles. The van der Waals surface area contributed by atoms with Crippen LogP contribution < -0.4 is 16.0 Å². The lowest BCUT2D eigenvalue weighted by molar-refractivity contribution is -0.143. The second kappa shape index (κ2) is 7.79. The SMILES string of the molecule is CCOC(=O)CCC1C(=O)NC(Nc2ccccc2)NC1C. The standard InChI is InChI=1S/C16H23N3O3/c1-3-22-14(20)10-9-13-11(2)17-16(19-15(13)21)18-12-7-5-4-6-8-12/h4-8,11,13,16-18H,3,9-10H2,1-2H3,(H,19,21). The van der Waals surface area contributed by atoms with Gasteiger partial charge in [-0.3, -0.25) is 14.9 Å². The van der Waals surface area contributed by atoms with E-state index in [1.807, 2.05) is 37.3 Å². The third-order valence-corrected chi connectivity index (χ3v) is 3.71. The highest BCUT2D eigenvalue weighted by Gasteiger charge is 2.33. The monoisotopic (exact) mass is 305 g/mol. The van der Waals surface area contributed by atoms with Crippen molar-refractivity contribution in [3.8, 4) is 0 Å². The summed E-state index contributed by atoms with van der Waals surface area (Å²) in [7, 11) is 0. The zero-order chi connectivity index (χ0) is 15.9. The normalized spacial score (nSPS) is 24.5. The molecule has 6 heteroatoms. The van der Waals surface area contributed by atoms with E-state index in [0.717, 1.165) is 5.69 Å². The Morgan fingerprint density at radius 3 is 2.68 bits per heavy atom. The maximum atomic E-state index is 12.2. The van der Waals surface area contributed by atoms with Crippen LogP contribution in [0.1, 0.15) is 26.7 Å². The van der Waals surface area contributed by atoms with Crippen molar-refractivity contribution in [3.63, 3.8) is 0 Å². The summed E-state index contributed by atoms with van der Waals surface area (Å²) >= 11 is 0. The lowest BCUT2D eigenvalue weighted by Crippen LogP contribution is -2.63. The molecule has 0 saturated carbocycles. The smallest absolute Gasteiger partial charge is 0.305 e. The first-order valence-electron chi connectivity index (χ1n) is 7.63. The first kappa shape index (κ1) is 16.3. The van der Waals surface area contributed by atoms with Crippen LogP contribution in [0.3, 0.4) is 0 Å². The summed E-state index contributed by atoms with van der Waals surface area (Å²) in [6.07, 6.45) is 0.426. The Bertz CT molecular complexity index is 507. The number of ether oxygens (including phenoxy) is 1. The zero-order valence-corrected chi connectivity index (χ0v) is 13.0. The molecule has 1 heterocycles. The second-order valence-corrected chi connectivity index (χ2v) is 5.36. The van der Waals surface area contributed by atoms with Gasteiger partial charge in [-0.1, -0.05) is 18.2 Å². The van der Waals surface area contributed by atoms with Crippen LogP contribution in [0.4, 0.5) is 5.69 Å². The molecular formula is C16H23N3O3. The Morgan fingerprint density at radius 1 is 1.32 bits per heavy atom.